The normalized spacial score (nSPS) is 20.4. The number of piperidine rings is 1. The molecule has 0 aromatic heterocycles. The van der Waals surface area contributed by atoms with Crippen LogP contribution in [0.25, 0.3) is 0 Å². The average Bonchev–Trinajstić information content (AvgIpc) is 2.98. The molecule has 0 unspecified atom stereocenters. The number of amidine groups is 1. The Hall–Kier alpha value is -2.74. The van der Waals surface area contributed by atoms with E-state index in [9.17, 15) is 17.6 Å². The van der Waals surface area contributed by atoms with Gasteiger partial charge >= 0.3 is 5.97 Å². The first-order valence-corrected chi connectivity index (χ1v) is 10.5. The third-order valence-electron chi connectivity index (χ3n) is 4.99. The number of nitrogens with zero attached hydrogens (tertiary/aromatic N) is 2. The van der Waals surface area contributed by atoms with E-state index in [2.05, 4.69) is 4.40 Å². The smallest absolute Gasteiger partial charge is 0.329 e. The Kier molecular flexibility index (Phi) is 4.89. The van der Waals surface area contributed by atoms with E-state index in [1.54, 1.807) is 41.3 Å². The van der Waals surface area contributed by atoms with Crippen molar-refractivity contribution < 1.29 is 22.3 Å². The lowest BCUT2D eigenvalue weighted by Crippen LogP contribution is -2.48. The van der Waals surface area contributed by atoms with Crippen LogP contribution in [0.15, 0.2) is 57.8 Å². The van der Waals surface area contributed by atoms with Gasteiger partial charge in [-0.25, -0.2) is 9.18 Å². The fourth-order valence-electron chi connectivity index (χ4n) is 3.59. The second-order valence-electron chi connectivity index (χ2n) is 6.79. The number of carbonyl (C=O) groups is 1. The highest BCUT2D eigenvalue weighted by Gasteiger charge is 2.38. The molecule has 1 fully saturated rings. The van der Waals surface area contributed by atoms with Crippen LogP contribution in [0, 0.1) is 5.82 Å². The van der Waals surface area contributed by atoms with Crippen molar-refractivity contribution in [1.82, 2.24) is 4.90 Å². The zero-order valence-electron chi connectivity index (χ0n) is 15.0. The summed E-state index contributed by atoms with van der Waals surface area (Å²) < 4.78 is 47.8. The van der Waals surface area contributed by atoms with Crippen LogP contribution in [0.1, 0.15) is 30.4 Å². The molecule has 8 heteroatoms. The van der Waals surface area contributed by atoms with Gasteiger partial charge in [-0.05, 0) is 37.5 Å². The zero-order chi connectivity index (χ0) is 19.7. The summed E-state index contributed by atoms with van der Waals surface area (Å²) in [7, 11) is -3.77. The maximum atomic E-state index is 13.8. The van der Waals surface area contributed by atoms with Crippen molar-refractivity contribution in [3.8, 4) is 0 Å². The van der Waals surface area contributed by atoms with Gasteiger partial charge < -0.3 is 9.64 Å². The van der Waals surface area contributed by atoms with Gasteiger partial charge in [0.2, 0.25) is 0 Å². The Morgan fingerprint density at radius 2 is 1.89 bits per heavy atom. The molecule has 2 aliphatic rings. The van der Waals surface area contributed by atoms with Gasteiger partial charge in [-0.2, -0.15) is 8.42 Å². The topological polar surface area (TPSA) is 76.0 Å². The third-order valence-corrected chi connectivity index (χ3v) is 6.31. The van der Waals surface area contributed by atoms with E-state index in [-0.39, 0.29) is 17.3 Å². The van der Waals surface area contributed by atoms with Crippen LogP contribution in [0.5, 0.6) is 0 Å². The molecule has 28 heavy (non-hydrogen) atoms. The summed E-state index contributed by atoms with van der Waals surface area (Å²) in [5, 5.41) is 0. The van der Waals surface area contributed by atoms with Crippen molar-refractivity contribution in [1.29, 1.82) is 0 Å². The number of esters is 1. The lowest BCUT2D eigenvalue weighted by atomic mass is 10.0. The molecule has 2 aromatic rings. The molecule has 0 aliphatic carbocycles. The molecular weight excluding hydrogens is 383 g/mol. The maximum absolute atomic E-state index is 13.8. The van der Waals surface area contributed by atoms with Crippen LogP contribution in [0.3, 0.4) is 0 Å². The minimum absolute atomic E-state index is 0.147. The Morgan fingerprint density at radius 1 is 1.14 bits per heavy atom. The highest BCUT2D eigenvalue weighted by atomic mass is 32.2. The fraction of sp³-hybridized carbons (Fsp3) is 0.300. The number of fused-ring (bicyclic) bond motifs is 1. The number of ether oxygens (including phenoxy) is 1. The second kappa shape index (κ2) is 7.35. The Balaban J connectivity index is 1.57. The van der Waals surface area contributed by atoms with Crippen LogP contribution >= 0.6 is 0 Å². The zero-order valence-corrected chi connectivity index (χ0v) is 15.9. The molecule has 0 spiro atoms. The van der Waals surface area contributed by atoms with Gasteiger partial charge in [0, 0.05) is 17.7 Å². The number of halogens is 1. The molecular formula is C20H19FN2O4S. The van der Waals surface area contributed by atoms with Gasteiger partial charge in [-0.3, -0.25) is 0 Å². The summed E-state index contributed by atoms with van der Waals surface area (Å²) in [6.45, 7) is 0.333. The number of rotatable bonds is 3. The van der Waals surface area contributed by atoms with Crippen molar-refractivity contribution in [3.05, 3.63) is 65.5 Å². The number of benzene rings is 2. The molecule has 0 radical (unpaired) electrons. The lowest BCUT2D eigenvalue weighted by molar-refractivity contribution is -0.151. The monoisotopic (exact) mass is 402 g/mol. The minimum atomic E-state index is -3.77. The SMILES string of the molecule is O=C(OCc1ccccc1F)[C@H]1CCCCN1C1=NS(=O)(=O)c2ccccc21. The van der Waals surface area contributed by atoms with Crippen molar-refractivity contribution in [2.75, 3.05) is 6.54 Å². The van der Waals surface area contributed by atoms with E-state index >= 15 is 0 Å². The largest absolute Gasteiger partial charge is 0.459 e. The molecule has 0 saturated carbocycles. The predicted molar refractivity (Wildman–Crippen MR) is 101 cm³/mol. The summed E-state index contributed by atoms with van der Waals surface area (Å²) in [6.07, 6.45) is 2.16. The minimum Gasteiger partial charge on any atom is -0.459 e. The van der Waals surface area contributed by atoms with Crippen molar-refractivity contribution >= 4 is 21.8 Å². The van der Waals surface area contributed by atoms with Gasteiger partial charge in [0.25, 0.3) is 10.0 Å². The summed E-state index contributed by atoms with van der Waals surface area (Å²) in [5.74, 6) is -0.661. The highest BCUT2D eigenvalue weighted by Crippen LogP contribution is 2.31. The molecule has 0 amide bonds. The summed E-state index contributed by atoms with van der Waals surface area (Å²) >= 11 is 0. The van der Waals surface area contributed by atoms with Crippen LogP contribution in [0.2, 0.25) is 0 Å². The Morgan fingerprint density at radius 3 is 2.71 bits per heavy atom. The molecule has 2 aliphatic heterocycles. The predicted octanol–water partition coefficient (Wildman–Crippen LogP) is 2.87. The first-order chi connectivity index (χ1) is 13.5. The number of likely N-dealkylation sites (tertiary alicyclic amines) is 1. The highest BCUT2D eigenvalue weighted by molar-refractivity contribution is 7.90. The number of carbonyl (C=O) groups excluding carboxylic acids is 1. The first kappa shape index (κ1) is 18.6. The molecule has 2 heterocycles. The van der Waals surface area contributed by atoms with Gasteiger partial charge in [-0.15, -0.1) is 4.40 Å². The lowest BCUT2D eigenvalue weighted by Gasteiger charge is -2.35. The molecule has 0 bridgehead atoms. The summed E-state index contributed by atoms with van der Waals surface area (Å²) in [4.78, 5) is 14.6. The van der Waals surface area contributed by atoms with Gasteiger partial charge in [0.05, 0.1) is 0 Å². The van der Waals surface area contributed by atoms with Crippen LogP contribution < -0.4 is 0 Å². The standard InChI is InChI=1S/C20H19FN2O4S/c21-16-9-3-1-7-14(16)13-27-20(24)17-10-5-6-12-23(17)19-15-8-2-4-11-18(15)28(25,26)22-19/h1-4,7-9,11,17H,5-6,10,12-13H2/t17-/m1/s1. The molecule has 0 N–H and O–H groups in total. The third kappa shape index (κ3) is 3.40. The quantitative estimate of drug-likeness (QED) is 0.738. The van der Waals surface area contributed by atoms with Crippen LogP contribution in [-0.4, -0.2) is 37.7 Å². The van der Waals surface area contributed by atoms with Gasteiger partial charge in [0.1, 0.15) is 23.4 Å². The molecule has 1 atom stereocenters. The maximum Gasteiger partial charge on any atom is 0.329 e. The Bertz CT molecular complexity index is 1050. The van der Waals surface area contributed by atoms with Crippen LogP contribution in [-0.2, 0) is 26.2 Å². The van der Waals surface area contributed by atoms with E-state index in [1.807, 2.05) is 0 Å². The number of hydrogen-bond donors (Lipinski definition) is 0. The summed E-state index contributed by atoms with van der Waals surface area (Å²) in [5.41, 5.74) is 0.792. The molecule has 146 valence electrons. The Labute approximate surface area is 162 Å². The molecule has 1 saturated heterocycles. The number of sulfonamides is 1. The van der Waals surface area contributed by atoms with E-state index in [0.29, 0.717) is 24.1 Å². The van der Waals surface area contributed by atoms with Crippen molar-refractivity contribution in [3.63, 3.8) is 0 Å². The van der Waals surface area contributed by atoms with E-state index < -0.39 is 27.9 Å². The van der Waals surface area contributed by atoms with Crippen LogP contribution in [0.4, 0.5) is 4.39 Å². The van der Waals surface area contributed by atoms with Gasteiger partial charge in [-0.1, -0.05) is 30.3 Å². The van der Waals surface area contributed by atoms with Crippen molar-refractivity contribution in [2.45, 2.75) is 36.8 Å². The van der Waals surface area contributed by atoms with Crippen molar-refractivity contribution in [2.24, 2.45) is 4.40 Å². The van der Waals surface area contributed by atoms with E-state index in [0.717, 1.165) is 12.8 Å². The first-order valence-electron chi connectivity index (χ1n) is 9.08. The number of hydrogen-bond acceptors (Lipinski definition) is 5. The van der Waals surface area contributed by atoms with E-state index in [4.69, 9.17) is 4.74 Å². The molecule has 2 aromatic carbocycles. The molecule has 6 nitrogen and oxygen atoms in total. The van der Waals surface area contributed by atoms with E-state index in [1.165, 1.54) is 12.1 Å². The van der Waals surface area contributed by atoms with Gasteiger partial charge in [0.15, 0.2) is 5.84 Å². The fourth-order valence-corrected chi connectivity index (χ4v) is 4.80. The summed E-state index contributed by atoms with van der Waals surface area (Å²) in [6, 6.07) is 12.0. The average molecular weight is 402 g/mol. The molecule has 4 rings (SSSR count). The second-order valence-corrected chi connectivity index (χ2v) is 8.36.